The molecule has 1 aromatic rings. The Morgan fingerprint density at radius 2 is 2.00 bits per heavy atom. The Balaban J connectivity index is 1.84. The van der Waals surface area contributed by atoms with Gasteiger partial charge in [-0.05, 0) is 37.8 Å². The minimum absolute atomic E-state index is 0.00679. The van der Waals surface area contributed by atoms with Crippen molar-refractivity contribution in [2.45, 2.75) is 32.2 Å². The number of hydrogen-bond donors (Lipinski definition) is 2. The number of urea groups is 1. The standard InChI is InChI=1S/C17H25N3O3/c1-12(11-14-5-3-4-6-15(14)23-2)19-17(22)20-9-7-13(8-10-20)16(18)21/h3-6,12-13H,7-11H2,1-2H3,(H2,18,21)(H,19,22). The Hall–Kier alpha value is -2.24. The first kappa shape index (κ1) is 17.1. The van der Waals surface area contributed by atoms with E-state index in [0.717, 1.165) is 11.3 Å². The van der Waals surface area contributed by atoms with E-state index in [1.165, 1.54) is 0 Å². The van der Waals surface area contributed by atoms with Crippen LogP contribution in [0, 0.1) is 5.92 Å². The van der Waals surface area contributed by atoms with E-state index in [9.17, 15) is 9.59 Å². The van der Waals surface area contributed by atoms with Crippen molar-refractivity contribution in [2.75, 3.05) is 20.2 Å². The first-order chi connectivity index (χ1) is 11.0. The molecular weight excluding hydrogens is 294 g/mol. The van der Waals surface area contributed by atoms with Crippen LogP contribution in [0.4, 0.5) is 4.79 Å². The maximum atomic E-state index is 12.3. The van der Waals surface area contributed by atoms with Crippen LogP contribution in [0.3, 0.4) is 0 Å². The molecule has 3 N–H and O–H groups in total. The number of amides is 3. The molecule has 0 saturated carbocycles. The summed E-state index contributed by atoms with van der Waals surface area (Å²) in [6, 6.07) is 7.70. The Labute approximate surface area is 137 Å². The number of carbonyl (C=O) groups excluding carboxylic acids is 2. The maximum Gasteiger partial charge on any atom is 0.317 e. The summed E-state index contributed by atoms with van der Waals surface area (Å²) >= 11 is 0. The Morgan fingerprint density at radius 3 is 2.61 bits per heavy atom. The first-order valence-electron chi connectivity index (χ1n) is 7.98. The first-order valence-corrected chi connectivity index (χ1v) is 7.98. The highest BCUT2D eigenvalue weighted by Crippen LogP contribution is 2.19. The van der Waals surface area contributed by atoms with Gasteiger partial charge in [-0.25, -0.2) is 4.79 Å². The average Bonchev–Trinajstić information content (AvgIpc) is 2.55. The molecule has 2 rings (SSSR count). The van der Waals surface area contributed by atoms with Gasteiger partial charge < -0.3 is 20.7 Å². The van der Waals surface area contributed by atoms with Crippen molar-refractivity contribution in [3.63, 3.8) is 0 Å². The molecule has 1 aliphatic rings. The molecule has 1 atom stereocenters. The quantitative estimate of drug-likeness (QED) is 0.863. The number of nitrogens with two attached hydrogens (primary N) is 1. The molecular formula is C17H25N3O3. The minimum Gasteiger partial charge on any atom is -0.496 e. The molecule has 0 spiro atoms. The summed E-state index contributed by atoms with van der Waals surface area (Å²) in [6.45, 7) is 3.11. The smallest absolute Gasteiger partial charge is 0.317 e. The summed E-state index contributed by atoms with van der Waals surface area (Å²) in [5.41, 5.74) is 6.38. The van der Waals surface area contributed by atoms with Crippen molar-refractivity contribution in [3.8, 4) is 5.75 Å². The molecule has 6 heteroatoms. The van der Waals surface area contributed by atoms with E-state index < -0.39 is 0 Å². The van der Waals surface area contributed by atoms with Gasteiger partial charge in [0.1, 0.15) is 5.75 Å². The zero-order chi connectivity index (χ0) is 16.8. The number of ether oxygens (including phenoxy) is 1. The molecule has 0 radical (unpaired) electrons. The zero-order valence-corrected chi connectivity index (χ0v) is 13.7. The zero-order valence-electron chi connectivity index (χ0n) is 13.7. The van der Waals surface area contributed by atoms with Crippen LogP contribution in [0.1, 0.15) is 25.3 Å². The largest absolute Gasteiger partial charge is 0.496 e. The van der Waals surface area contributed by atoms with Crippen LogP contribution in [-0.2, 0) is 11.2 Å². The van der Waals surface area contributed by atoms with Crippen LogP contribution in [0.2, 0.25) is 0 Å². The lowest BCUT2D eigenvalue weighted by atomic mass is 9.96. The van der Waals surface area contributed by atoms with Gasteiger partial charge in [0.15, 0.2) is 0 Å². The third-order valence-electron chi connectivity index (χ3n) is 4.27. The number of nitrogens with one attached hydrogen (secondary N) is 1. The fourth-order valence-electron chi connectivity index (χ4n) is 2.92. The van der Waals surface area contributed by atoms with Gasteiger partial charge >= 0.3 is 6.03 Å². The molecule has 1 aromatic carbocycles. The predicted octanol–water partition coefficient (Wildman–Crippen LogP) is 1.53. The van der Waals surface area contributed by atoms with Gasteiger partial charge in [-0.1, -0.05) is 18.2 Å². The Morgan fingerprint density at radius 1 is 1.35 bits per heavy atom. The molecule has 23 heavy (non-hydrogen) atoms. The van der Waals surface area contributed by atoms with Crippen molar-refractivity contribution in [1.29, 1.82) is 0 Å². The highest BCUT2D eigenvalue weighted by molar-refractivity contribution is 5.78. The summed E-state index contributed by atoms with van der Waals surface area (Å²) in [4.78, 5) is 25.2. The second-order valence-electron chi connectivity index (χ2n) is 6.03. The number of carbonyl (C=O) groups is 2. The second-order valence-corrected chi connectivity index (χ2v) is 6.03. The molecule has 0 aliphatic carbocycles. The van der Waals surface area contributed by atoms with Crippen molar-refractivity contribution < 1.29 is 14.3 Å². The molecule has 1 unspecified atom stereocenters. The Kier molecular flexibility index (Phi) is 5.84. The van der Waals surface area contributed by atoms with Gasteiger partial charge in [0, 0.05) is 25.0 Å². The number of benzene rings is 1. The van der Waals surface area contributed by atoms with Crippen LogP contribution in [0.25, 0.3) is 0 Å². The van der Waals surface area contributed by atoms with E-state index in [1.807, 2.05) is 31.2 Å². The van der Waals surface area contributed by atoms with E-state index in [2.05, 4.69) is 5.32 Å². The van der Waals surface area contributed by atoms with Crippen molar-refractivity contribution in [2.24, 2.45) is 11.7 Å². The van der Waals surface area contributed by atoms with Crippen LogP contribution >= 0.6 is 0 Å². The SMILES string of the molecule is COc1ccccc1CC(C)NC(=O)N1CCC(C(N)=O)CC1. The Bertz CT molecular complexity index is 554. The number of likely N-dealkylation sites (tertiary alicyclic amines) is 1. The number of nitrogens with zero attached hydrogens (tertiary/aromatic N) is 1. The molecule has 126 valence electrons. The number of methoxy groups -OCH3 is 1. The fraction of sp³-hybridized carbons (Fsp3) is 0.529. The molecule has 0 bridgehead atoms. The molecule has 6 nitrogen and oxygen atoms in total. The van der Waals surface area contributed by atoms with Crippen LogP contribution in [0.5, 0.6) is 5.75 Å². The molecule has 1 heterocycles. The van der Waals surface area contributed by atoms with E-state index >= 15 is 0 Å². The summed E-state index contributed by atoms with van der Waals surface area (Å²) in [6.07, 6.45) is 1.99. The summed E-state index contributed by atoms with van der Waals surface area (Å²) in [7, 11) is 1.64. The van der Waals surface area contributed by atoms with Gasteiger partial charge in [0.2, 0.25) is 5.91 Å². The highest BCUT2D eigenvalue weighted by atomic mass is 16.5. The van der Waals surface area contributed by atoms with Crippen LogP contribution in [0.15, 0.2) is 24.3 Å². The van der Waals surface area contributed by atoms with Gasteiger partial charge in [-0.15, -0.1) is 0 Å². The molecule has 1 saturated heterocycles. The van der Waals surface area contributed by atoms with Crippen LogP contribution < -0.4 is 15.8 Å². The lowest BCUT2D eigenvalue weighted by Gasteiger charge is -2.31. The number of piperidine rings is 1. The fourth-order valence-corrected chi connectivity index (χ4v) is 2.92. The van der Waals surface area contributed by atoms with Gasteiger partial charge in [-0.3, -0.25) is 4.79 Å². The van der Waals surface area contributed by atoms with Crippen molar-refractivity contribution in [3.05, 3.63) is 29.8 Å². The van der Waals surface area contributed by atoms with Gasteiger partial charge in [-0.2, -0.15) is 0 Å². The summed E-state index contributed by atoms with van der Waals surface area (Å²) in [5, 5.41) is 3.01. The van der Waals surface area contributed by atoms with Gasteiger partial charge in [0.25, 0.3) is 0 Å². The van der Waals surface area contributed by atoms with Crippen molar-refractivity contribution >= 4 is 11.9 Å². The number of hydrogen-bond acceptors (Lipinski definition) is 3. The van der Waals surface area contributed by atoms with Gasteiger partial charge in [0.05, 0.1) is 7.11 Å². The third kappa shape index (κ3) is 4.61. The average molecular weight is 319 g/mol. The number of rotatable bonds is 5. The van der Waals surface area contributed by atoms with Crippen LogP contribution in [-0.4, -0.2) is 43.1 Å². The van der Waals surface area contributed by atoms with E-state index in [0.29, 0.717) is 32.4 Å². The molecule has 1 fully saturated rings. The normalized spacial score (nSPS) is 16.7. The van der Waals surface area contributed by atoms with E-state index in [-0.39, 0.29) is 23.9 Å². The minimum atomic E-state index is -0.269. The van der Waals surface area contributed by atoms with Crippen molar-refractivity contribution in [1.82, 2.24) is 10.2 Å². The topological polar surface area (TPSA) is 84.7 Å². The number of primary amides is 1. The molecule has 0 aromatic heterocycles. The summed E-state index contributed by atoms with van der Waals surface area (Å²) in [5.74, 6) is 0.454. The third-order valence-corrected chi connectivity index (χ3v) is 4.27. The second kappa shape index (κ2) is 7.85. The number of para-hydroxylation sites is 1. The summed E-state index contributed by atoms with van der Waals surface area (Å²) < 4.78 is 5.33. The lowest BCUT2D eigenvalue weighted by Crippen LogP contribution is -2.48. The monoisotopic (exact) mass is 319 g/mol. The van der Waals surface area contributed by atoms with E-state index in [1.54, 1.807) is 12.0 Å². The maximum absolute atomic E-state index is 12.3. The molecule has 1 aliphatic heterocycles. The lowest BCUT2D eigenvalue weighted by molar-refractivity contribution is -0.123. The predicted molar refractivity (Wildman–Crippen MR) is 88.2 cm³/mol. The highest BCUT2D eigenvalue weighted by Gasteiger charge is 2.26. The van der Waals surface area contributed by atoms with E-state index in [4.69, 9.17) is 10.5 Å². The molecule has 3 amide bonds.